The molecule has 5 nitrogen and oxygen atoms in total. The lowest BCUT2D eigenvalue weighted by atomic mass is 10.1. The molecule has 0 aliphatic heterocycles. The van der Waals surface area contributed by atoms with Crippen LogP contribution in [0.1, 0.15) is 12.5 Å². The second-order valence-electron chi connectivity index (χ2n) is 4.20. The standard InChI is InChI=1S/C13H14ClN3O2S/c1-2-9-4-3-5-10(6-9)17-20(18,19)11-7-12(14)13(15)16-8-11/h3-8,17H,2H2,1H3,(H2,15,16). The smallest absolute Gasteiger partial charge is 0.263 e. The van der Waals surface area contributed by atoms with Gasteiger partial charge in [-0.3, -0.25) is 4.72 Å². The Hall–Kier alpha value is -1.79. The molecule has 0 saturated carbocycles. The molecule has 1 aromatic carbocycles. The van der Waals surface area contributed by atoms with Gasteiger partial charge in [0.15, 0.2) is 0 Å². The lowest BCUT2D eigenvalue weighted by Gasteiger charge is -2.09. The van der Waals surface area contributed by atoms with E-state index in [-0.39, 0.29) is 15.7 Å². The van der Waals surface area contributed by atoms with Gasteiger partial charge in [0.25, 0.3) is 10.0 Å². The molecule has 1 heterocycles. The zero-order chi connectivity index (χ0) is 14.8. The van der Waals surface area contributed by atoms with E-state index in [1.54, 1.807) is 18.2 Å². The zero-order valence-corrected chi connectivity index (χ0v) is 12.4. The summed E-state index contributed by atoms with van der Waals surface area (Å²) < 4.78 is 26.9. The highest BCUT2D eigenvalue weighted by atomic mass is 35.5. The van der Waals surface area contributed by atoms with Crippen LogP contribution in [0.4, 0.5) is 11.5 Å². The fraction of sp³-hybridized carbons (Fsp3) is 0.154. The minimum atomic E-state index is -3.73. The fourth-order valence-corrected chi connectivity index (χ4v) is 2.90. The van der Waals surface area contributed by atoms with E-state index >= 15 is 0 Å². The van der Waals surface area contributed by atoms with Gasteiger partial charge in [0, 0.05) is 11.9 Å². The lowest BCUT2D eigenvalue weighted by molar-refractivity contribution is 0.601. The number of halogens is 1. The van der Waals surface area contributed by atoms with Gasteiger partial charge in [0.05, 0.1) is 5.02 Å². The maximum absolute atomic E-state index is 12.2. The molecule has 0 aliphatic rings. The van der Waals surface area contributed by atoms with Crippen molar-refractivity contribution in [2.75, 3.05) is 10.5 Å². The van der Waals surface area contributed by atoms with Crippen molar-refractivity contribution in [1.82, 2.24) is 4.98 Å². The molecule has 0 saturated heterocycles. The maximum Gasteiger partial charge on any atom is 0.263 e. The van der Waals surface area contributed by atoms with Crippen LogP contribution < -0.4 is 10.5 Å². The van der Waals surface area contributed by atoms with Crippen molar-refractivity contribution >= 4 is 33.1 Å². The van der Waals surface area contributed by atoms with E-state index in [4.69, 9.17) is 17.3 Å². The van der Waals surface area contributed by atoms with Gasteiger partial charge in [0.1, 0.15) is 10.7 Å². The van der Waals surface area contributed by atoms with E-state index < -0.39 is 10.0 Å². The Labute approximate surface area is 122 Å². The molecule has 0 fully saturated rings. The SMILES string of the molecule is CCc1cccc(NS(=O)(=O)c2cnc(N)c(Cl)c2)c1. The predicted octanol–water partition coefficient (Wildman–Crippen LogP) is 2.68. The van der Waals surface area contributed by atoms with Crippen LogP contribution in [0.2, 0.25) is 5.02 Å². The van der Waals surface area contributed by atoms with Crippen LogP contribution in [0.25, 0.3) is 0 Å². The summed E-state index contributed by atoms with van der Waals surface area (Å²) in [6.45, 7) is 2.00. The first kappa shape index (κ1) is 14.6. The van der Waals surface area contributed by atoms with E-state index in [1.807, 2.05) is 13.0 Å². The molecule has 0 aliphatic carbocycles. The minimum Gasteiger partial charge on any atom is -0.382 e. The summed E-state index contributed by atoms with van der Waals surface area (Å²) in [7, 11) is -3.73. The number of anilines is 2. The average molecular weight is 312 g/mol. The molecule has 0 amide bonds. The van der Waals surface area contributed by atoms with Crippen molar-refractivity contribution in [1.29, 1.82) is 0 Å². The highest BCUT2D eigenvalue weighted by Gasteiger charge is 2.16. The number of nitrogen functional groups attached to an aromatic ring is 1. The summed E-state index contributed by atoms with van der Waals surface area (Å²) in [4.78, 5) is 3.72. The summed E-state index contributed by atoms with van der Waals surface area (Å²) in [5, 5.41) is 0.107. The molecule has 0 radical (unpaired) electrons. The number of benzene rings is 1. The monoisotopic (exact) mass is 311 g/mol. The number of sulfonamides is 1. The average Bonchev–Trinajstić information content (AvgIpc) is 2.41. The first-order valence-corrected chi connectivity index (χ1v) is 7.81. The van der Waals surface area contributed by atoms with Crippen molar-refractivity contribution in [2.45, 2.75) is 18.2 Å². The van der Waals surface area contributed by atoms with Crippen molar-refractivity contribution in [3.8, 4) is 0 Å². The summed E-state index contributed by atoms with van der Waals surface area (Å²) in [5.41, 5.74) is 7.00. The molecule has 2 rings (SSSR count). The number of pyridine rings is 1. The van der Waals surface area contributed by atoms with E-state index in [9.17, 15) is 8.42 Å². The number of hydrogen-bond acceptors (Lipinski definition) is 4. The zero-order valence-electron chi connectivity index (χ0n) is 10.8. The molecule has 0 atom stereocenters. The molecule has 2 aromatic rings. The Kier molecular flexibility index (Phi) is 4.15. The molecule has 0 unspecified atom stereocenters. The topological polar surface area (TPSA) is 85.1 Å². The molecule has 0 bridgehead atoms. The van der Waals surface area contributed by atoms with Gasteiger partial charge in [-0.1, -0.05) is 30.7 Å². The first-order chi connectivity index (χ1) is 9.42. The molecule has 106 valence electrons. The lowest BCUT2D eigenvalue weighted by Crippen LogP contribution is -2.13. The van der Waals surface area contributed by atoms with Gasteiger partial charge in [-0.25, -0.2) is 13.4 Å². The van der Waals surface area contributed by atoms with E-state index in [1.165, 1.54) is 12.3 Å². The number of aryl methyl sites for hydroxylation is 1. The maximum atomic E-state index is 12.2. The highest BCUT2D eigenvalue weighted by molar-refractivity contribution is 7.92. The number of nitrogens with two attached hydrogens (primary N) is 1. The molecule has 1 aromatic heterocycles. The van der Waals surface area contributed by atoms with E-state index in [0.717, 1.165) is 12.0 Å². The van der Waals surface area contributed by atoms with Crippen molar-refractivity contribution < 1.29 is 8.42 Å². The second kappa shape index (κ2) is 5.68. The van der Waals surface area contributed by atoms with Crippen LogP contribution in [0.3, 0.4) is 0 Å². The molecule has 20 heavy (non-hydrogen) atoms. The largest absolute Gasteiger partial charge is 0.382 e. The van der Waals surface area contributed by atoms with Gasteiger partial charge in [0.2, 0.25) is 0 Å². The third kappa shape index (κ3) is 3.20. The van der Waals surface area contributed by atoms with E-state index in [0.29, 0.717) is 5.69 Å². The number of nitrogens with one attached hydrogen (secondary N) is 1. The van der Waals surface area contributed by atoms with Gasteiger partial charge in [-0.2, -0.15) is 0 Å². The normalized spacial score (nSPS) is 11.3. The molecule has 7 heteroatoms. The Morgan fingerprint density at radius 3 is 2.75 bits per heavy atom. The Bertz CT molecular complexity index is 732. The van der Waals surface area contributed by atoms with Gasteiger partial charge >= 0.3 is 0 Å². The molecular weight excluding hydrogens is 298 g/mol. The number of hydrogen-bond donors (Lipinski definition) is 2. The summed E-state index contributed by atoms with van der Waals surface area (Å²) in [6.07, 6.45) is 2.00. The van der Waals surface area contributed by atoms with Crippen LogP contribution in [0.15, 0.2) is 41.4 Å². The Morgan fingerprint density at radius 2 is 2.10 bits per heavy atom. The molecule has 0 spiro atoms. The summed E-state index contributed by atoms with van der Waals surface area (Å²) in [6, 6.07) is 8.47. The fourth-order valence-electron chi connectivity index (χ4n) is 1.65. The van der Waals surface area contributed by atoms with Crippen LogP contribution in [0.5, 0.6) is 0 Å². The minimum absolute atomic E-state index is 0.0291. The highest BCUT2D eigenvalue weighted by Crippen LogP contribution is 2.22. The Morgan fingerprint density at radius 1 is 1.35 bits per heavy atom. The summed E-state index contributed by atoms with van der Waals surface area (Å²) >= 11 is 5.79. The van der Waals surface area contributed by atoms with Gasteiger partial charge < -0.3 is 5.73 Å². The quantitative estimate of drug-likeness (QED) is 0.909. The van der Waals surface area contributed by atoms with E-state index in [2.05, 4.69) is 9.71 Å². The van der Waals surface area contributed by atoms with Gasteiger partial charge in [-0.15, -0.1) is 0 Å². The number of rotatable bonds is 4. The predicted molar refractivity (Wildman–Crippen MR) is 80.3 cm³/mol. The van der Waals surface area contributed by atoms with Crippen molar-refractivity contribution in [3.05, 3.63) is 47.1 Å². The third-order valence-corrected chi connectivity index (χ3v) is 4.39. The molecular formula is C13H14ClN3O2S. The number of nitrogens with zero attached hydrogens (tertiary/aromatic N) is 1. The second-order valence-corrected chi connectivity index (χ2v) is 6.29. The third-order valence-electron chi connectivity index (χ3n) is 2.74. The van der Waals surface area contributed by atoms with Gasteiger partial charge in [-0.05, 0) is 30.2 Å². The van der Waals surface area contributed by atoms with Crippen LogP contribution in [0, 0.1) is 0 Å². The Balaban J connectivity index is 2.32. The van der Waals surface area contributed by atoms with Crippen LogP contribution in [-0.2, 0) is 16.4 Å². The number of aromatic nitrogens is 1. The van der Waals surface area contributed by atoms with Crippen molar-refractivity contribution in [3.63, 3.8) is 0 Å². The van der Waals surface area contributed by atoms with Crippen LogP contribution >= 0.6 is 11.6 Å². The van der Waals surface area contributed by atoms with Crippen LogP contribution in [-0.4, -0.2) is 13.4 Å². The van der Waals surface area contributed by atoms with Crippen molar-refractivity contribution in [2.24, 2.45) is 0 Å². The molecule has 3 N–H and O–H groups in total. The summed E-state index contributed by atoms with van der Waals surface area (Å²) in [5.74, 6) is 0.0959. The first-order valence-electron chi connectivity index (χ1n) is 5.95.